The lowest BCUT2D eigenvalue weighted by Gasteiger charge is -2.58. The molecule has 6 rings (SSSR count). The van der Waals surface area contributed by atoms with Crippen molar-refractivity contribution < 1.29 is 16.8 Å². The second-order valence-electron chi connectivity index (χ2n) is 17.1. The third-order valence-corrected chi connectivity index (χ3v) is 15.7. The Kier molecular flexibility index (Phi) is 10.7. The van der Waals surface area contributed by atoms with Crippen LogP contribution in [0.15, 0.2) is 80.2 Å². The van der Waals surface area contributed by atoms with E-state index in [1.165, 1.54) is 32.1 Å². The SMILES string of the molecule is Cc1ccc(S(=O)(=O)N/N=C2\CC[C@@]3(C)C(=C/C(=N/NS(=O)(=O)c4ccc(C)cc4)C4C3CC[C@]3(C)[C@@H]([C@H](C)CCCC(C)C)CC[C@@H]43)C2)cc1. The Morgan fingerprint density at radius 2 is 1.35 bits per heavy atom. The van der Waals surface area contributed by atoms with Crippen LogP contribution in [-0.4, -0.2) is 28.3 Å². The van der Waals surface area contributed by atoms with Gasteiger partial charge in [0.1, 0.15) is 0 Å². The minimum Gasteiger partial charge on any atom is -0.200 e. The van der Waals surface area contributed by atoms with Crippen molar-refractivity contribution in [2.24, 2.45) is 56.5 Å². The first-order valence-corrected chi connectivity index (χ1v) is 22.0. The van der Waals surface area contributed by atoms with Crippen molar-refractivity contribution in [3.63, 3.8) is 0 Å². The van der Waals surface area contributed by atoms with E-state index in [1.807, 2.05) is 13.8 Å². The zero-order chi connectivity index (χ0) is 36.8. The van der Waals surface area contributed by atoms with Gasteiger partial charge in [0.25, 0.3) is 20.0 Å². The molecule has 0 aliphatic heterocycles. The van der Waals surface area contributed by atoms with E-state index in [9.17, 15) is 16.8 Å². The van der Waals surface area contributed by atoms with Gasteiger partial charge >= 0.3 is 0 Å². The van der Waals surface area contributed by atoms with E-state index in [1.54, 1.807) is 48.5 Å². The van der Waals surface area contributed by atoms with Crippen molar-refractivity contribution in [2.75, 3.05) is 0 Å². The van der Waals surface area contributed by atoms with E-state index >= 15 is 0 Å². The van der Waals surface area contributed by atoms with E-state index in [0.29, 0.717) is 36.5 Å². The van der Waals surface area contributed by atoms with Crippen molar-refractivity contribution in [2.45, 2.75) is 122 Å². The summed E-state index contributed by atoms with van der Waals surface area (Å²) < 4.78 is 53.2. The fraction of sp³-hybridized carbons (Fsp3) is 0.610. The quantitative estimate of drug-likeness (QED) is 0.224. The number of sulfonamides is 2. The maximum atomic E-state index is 13.5. The van der Waals surface area contributed by atoms with Gasteiger partial charge in [0.2, 0.25) is 0 Å². The molecule has 51 heavy (non-hydrogen) atoms. The first-order chi connectivity index (χ1) is 24.0. The van der Waals surface area contributed by atoms with Gasteiger partial charge in [-0.2, -0.15) is 31.9 Å². The van der Waals surface area contributed by atoms with Crippen LogP contribution < -0.4 is 9.66 Å². The van der Waals surface area contributed by atoms with E-state index in [4.69, 9.17) is 5.10 Å². The summed E-state index contributed by atoms with van der Waals surface area (Å²) in [5.74, 6) is 2.90. The van der Waals surface area contributed by atoms with Crippen molar-refractivity contribution in [1.29, 1.82) is 0 Å². The Morgan fingerprint density at radius 3 is 1.94 bits per heavy atom. The normalized spacial score (nSPS) is 31.5. The highest BCUT2D eigenvalue weighted by atomic mass is 32.2. The van der Waals surface area contributed by atoms with Gasteiger partial charge in [-0.1, -0.05) is 94.8 Å². The molecule has 0 saturated heterocycles. The molecule has 7 atom stereocenters. The molecule has 0 spiro atoms. The number of nitrogens with one attached hydrogen (secondary N) is 2. The van der Waals surface area contributed by atoms with Crippen LogP contribution in [0.1, 0.15) is 110 Å². The number of benzene rings is 2. The highest BCUT2D eigenvalue weighted by Gasteiger charge is 2.60. The standard InChI is InChI=1S/C41H58N4O4S2/c1-27(2)9-8-10-30(5)35-19-20-36-39-37(22-24-41(35,36)7)40(6)23-21-32(42-44-50(46,47)33-15-11-28(3)12-16-33)25-31(40)26-38(39)43-45-51(48,49)34-17-13-29(4)14-18-34/h11-18,26-27,30,35-37,39,44-45H,8-10,19-25H2,1-7H3/b42-32+,43-38-/t30-,35-,36+,37?,39?,40+,41-/m1/s1. The lowest BCUT2D eigenvalue weighted by Crippen LogP contribution is -2.54. The number of hydrogen-bond donors (Lipinski definition) is 2. The molecular formula is C41H58N4O4S2. The summed E-state index contributed by atoms with van der Waals surface area (Å²) in [6.45, 7) is 15.8. The maximum absolute atomic E-state index is 13.5. The molecule has 2 aromatic rings. The summed E-state index contributed by atoms with van der Waals surface area (Å²) >= 11 is 0. The summed E-state index contributed by atoms with van der Waals surface area (Å²) in [4.78, 5) is 5.51. The van der Waals surface area contributed by atoms with E-state index in [2.05, 4.69) is 55.5 Å². The zero-order valence-corrected chi connectivity index (χ0v) is 33.2. The van der Waals surface area contributed by atoms with Crippen LogP contribution in [0.2, 0.25) is 0 Å². The molecule has 4 aliphatic rings. The molecule has 0 aromatic heterocycles. The predicted octanol–water partition coefficient (Wildman–Crippen LogP) is 8.92. The molecule has 0 amide bonds. The van der Waals surface area contributed by atoms with Gasteiger partial charge in [-0.05, 0) is 123 Å². The van der Waals surface area contributed by atoms with Crippen molar-refractivity contribution in [3.05, 3.63) is 71.3 Å². The number of nitrogens with zero attached hydrogens (tertiary/aromatic N) is 2. The van der Waals surface area contributed by atoms with E-state index in [-0.39, 0.29) is 26.5 Å². The molecule has 3 fully saturated rings. The van der Waals surface area contributed by atoms with Crippen LogP contribution >= 0.6 is 0 Å². The third-order valence-electron chi connectivity index (χ3n) is 13.3. The fourth-order valence-electron chi connectivity index (χ4n) is 10.3. The second kappa shape index (κ2) is 14.4. The van der Waals surface area contributed by atoms with Crippen LogP contribution in [0, 0.1) is 60.2 Å². The summed E-state index contributed by atoms with van der Waals surface area (Å²) in [6.07, 6.45) is 12.6. The molecule has 4 aliphatic carbocycles. The minimum atomic E-state index is -3.87. The van der Waals surface area contributed by atoms with Crippen LogP contribution in [0.5, 0.6) is 0 Å². The number of hydrogen-bond acceptors (Lipinski definition) is 6. The summed E-state index contributed by atoms with van der Waals surface area (Å²) in [7, 11) is -7.67. The van der Waals surface area contributed by atoms with Crippen LogP contribution in [-0.2, 0) is 20.0 Å². The smallest absolute Gasteiger partial charge is 0.200 e. The van der Waals surface area contributed by atoms with Gasteiger partial charge < -0.3 is 0 Å². The first-order valence-electron chi connectivity index (χ1n) is 19.0. The van der Waals surface area contributed by atoms with Gasteiger partial charge in [0.15, 0.2) is 0 Å². The van der Waals surface area contributed by atoms with E-state index < -0.39 is 20.0 Å². The van der Waals surface area contributed by atoms with Gasteiger partial charge in [-0.15, -0.1) is 0 Å². The molecule has 2 aromatic carbocycles. The second-order valence-corrected chi connectivity index (χ2v) is 20.4. The number of hydrazone groups is 2. The van der Waals surface area contributed by atoms with Crippen molar-refractivity contribution >= 4 is 31.5 Å². The lowest BCUT2D eigenvalue weighted by atomic mass is 9.46. The highest BCUT2D eigenvalue weighted by molar-refractivity contribution is 7.89. The van der Waals surface area contributed by atoms with Gasteiger partial charge in [0.05, 0.1) is 15.5 Å². The lowest BCUT2D eigenvalue weighted by molar-refractivity contribution is -0.0182. The fourth-order valence-corrected chi connectivity index (χ4v) is 11.9. The Bertz CT molecular complexity index is 1900. The van der Waals surface area contributed by atoms with Crippen LogP contribution in [0.25, 0.3) is 0 Å². The molecule has 0 bridgehead atoms. The Labute approximate surface area is 307 Å². The zero-order valence-electron chi connectivity index (χ0n) is 31.6. The summed E-state index contributed by atoms with van der Waals surface area (Å²) in [5.41, 5.74) is 4.81. The van der Waals surface area contributed by atoms with E-state index in [0.717, 1.165) is 53.3 Å². The Balaban J connectivity index is 1.32. The number of rotatable bonds is 11. The van der Waals surface area contributed by atoms with Crippen LogP contribution in [0.3, 0.4) is 0 Å². The average molecular weight is 735 g/mol. The molecule has 3 saturated carbocycles. The van der Waals surface area contributed by atoms with Crippen molar-refractivity contribution in [1.82, 2.24) is 9.66 Å². The van der Waals surface area contributed by atoms with Gasteiger partial charge in [-0.3, -0.25) is 0 Å². The maximum Gasteiger partial charge on any atom is 0.276 e. The molecule has 278 valence electrons. The summed E-state index contributed by atoms with van der Waals surface area (Å²) in [5, 5.41) is 9.25. The molecule has 8 nitrogen and oxygen atoms in total. The van der Waals surface area contributed by atoms with Crippen LogP contribution in [0.4, 0.5) is 0 Å². The largest absolute Gasteiger partial charge is 0.276 e. The molecule has 0 heterocycles. The molecular weight excluding hydrogens is 677 g/mol. The predicted molar refractivity (Wildman–Crippen MR) is 206 cm³/mol. The van der Waals surface area contributed by atoms with Gasteiger partial charge in [0, 0.05) is 18.1 Å². The monoisotopic (exact) mass is 734 g/mol. The van der Waals surface area contributed by atoms with Crippen molar-refractivity contribution in [3.8, 4) is 0 Å². The summed E-state index contributed by atoms with van der Waals surface area (Å²) in [6, 6.07) is 13.6. The Morgan fingerprint density at radius 1 is 0.765 bits per heavy atom. The first kappa shape index (κ1) is 37.8. The molecule has 2 N–H and O–H groups in total. The van der Waals surface area contributed by atoms with Gasteiger partial charge in [-0.25, -0.2) is 4.83 Å². The topological polar surface area (TPSA) is 117 Å². The molecule has 0 radical (unpaired) electrons. The number of aryl methyl sites for hydroxylation is 2. The average Bonchev–Trinajstić information content (AvgIpc) is 3.44. The Hall–Kier alpha value is -2.98. The minimum absolute atomic E-state index is 0.101. The highest BCUT2D eigenvalue weighted by Crippen LogP contribution is 2.66. The molecule has 10 heteroatoms. The third kappa shape index (κ3) is 7.59. The molecule has 2 unspecified atom stereocenters. The number of allylic oxidation sites excluding steroid dienone is 2. The number of fused-ring (bicyclic) bond motifs is 5.